The van der Waals surface area contributed by atoms with Crippen LogP contribution in [0.1, 0.15) is 5.56 Å². The van der Waals surface area contributed by atoms with Crippen molar-refractivity contribution in [3.63, 3.8) is 0 Å². The number of aromatic nitrogens is 3. The second-order valence-electron chi connectivity index (χ2n) is 7.65. The molecule has 32 heavy (non-hydrogen) atoms. The lowest BCUT2D eigenvalue weighted by molar-refractivity contribution is 0.312. The van der Waals surface area contributed by atoms with Crippen molar-refractivity contribution in [2.45, 2.75) is 6.54 Å². The molecule has 0 amide bonds. The van der Waals surface area contributed by atoms with Crippen molar-refractivity contribution in [3.05, 3.63) is 54.5 Å². The highest BCUT2D eigenvalue weighted by Crippen LogP contribution is 2.31. The summed E-state index contributed by atoms with van der Waals surface area (Å²) in [4.78, 5) is 17.9. The molecule has 0 unspecified atom stereocenters. The maximum atomic E-state index is 5.44. The Morgan fingerprint density at radius 2 is 1.72 bits per heavy atom. The number of hydrogen-bond acceptors (Lipinski definition) is 9. The maximum absolute atomic E-state index is 5.44. The third kappa shape index (κ3) is 5.36. The van der Waals surface area contributed by atoms with Crippen LogP contribution in [0.2, 0.25) is 0 Å². The zero-order chi connectivity index (χ0) is 22.3. The second-order valence-corrected chi connectivity index (χ2v) is 7.65. The van der Waals surface area contributed by atoms with Crippen LogP contribution in [0.5, 0.6) is 11.5 Å². The first-order valence-corrected chi connectivity index (χ1v) is 10.6. The van der Waals surface area contributed by atoms with Crippen LogP contribution in [-0.2, 0) is 6.54 Å². The molecule has 0 atom stereocenters. The van der Waals surface area contributed by atoms with Gasteiger partial charge in [-0.2, -0.15) is 0 Å². The van der Waals surface area contributed by atoms with E-state index in [-0.39, 0.29) is 0 Å². The Morgan fingerprint density at radius 1 is 0.906 bits per heavy atom. The predicted octanol–water partition coefficient (Wildman–Crippen LogP) is 3.00. The molecule has 0 aliphatic carbocycles. The van der Waals surface area contributed by atoms with E-state index in [4.69, 9.17) is 9.47 Å². The van der Waals surface area contributed by atoms with E-state index >= 15 is 0 Å². The monoisotopic (exact) mass is 435 g/mol. The van der Waals surface area contributed by atoms with Crippen LogP contribution in [0.4, 0.5) is 23.1 Å². The van der Waals surface area contributed by atoms with E-state index < -0.39 is 0 Å². The number of nitrogens with one attached hydrogen (secondary N) is 2. The molecular weight excluding hydrogens is 406 g/mol. The summed E-state index contributed by atoms with van der Waals surface area (Å²) in [5.74, 6) is 3.81. The van der Waals surface area contributed by atoms with E-state index in [0.29, 0.717) is 18.1 Å². The zero-order valence-corrected chi connectivity index (χ0v) is 18.7. The van der Waals surface area contributed by atoms with Gasteiger partial charge in [-0.3, -0.25) is 0 Å². The van der Waals surface area contributed by atoms with Gasteiger partial charge in [-0.1, -0.05) is 6.07 Å². The Hall–Kier alpha value is -3.59. The third-order valence-corrected chi connectivity index (χ3v) is 5.45. The van der Waals surface area contributed by atoms with Gasteiger partial charge >= 0.3 is 0 Å². The Bertz CT molecular complexity index is 1020. The predicted molar refractivity (Wildman–Crippen MR) is 126 cm³/mol. The fraction of sp³-hybridized carbons (Fsp3) is 0.348. The smallest absolute Gasteiger partial charge is 0.146 e. The fourth-order valence-electron chi connectivity index (χ4n) is 3.50. The van der Waals surface area contributed by atoms with Gasteiger partial charge in [0.05, 0.1) is 19.9 Å². The van der Waals surface area contributed by atoms with Crippen molar-refractivity contribution in [1.29, 1.82) is 0 Å². The van der Waals surface area contributed by atoms with Crippen LogP contribution in [0, 0.1) is 0 Å². The summed E-state index contributed by atoms with van der Waals surface area (Å²) in [6, 6.07) is 11.6. The number of piperazine rings is 1. The number of rotatable bonds is 8. The standard InChI is InChI=1S/C23H29N7O2/c1-29-8-10-30(11-9-29)23-7-4-17(15-25-23)14-24-21-13-22(27-16-26-21)28-19-6-5-18(31-2)12-20(19)32-3/h4-7,12-13,15-16H,8-11,14H2,1-3H3,(H2,24,26,27,28). The average Bonchev–Trinajstić information content (AvgIpc) is 2.84. The van der Waals surface area contributed by atoms with Crippen LogP contribution in [-0.4, -0.2) is 67.3 Å². The first-order chi connectivity index (χ1) is 15.6. The third-order valence-electron chi connectivity index (χ3n) is 5.45. The fourth-order valence-corrected chi connectivity index (χ4v) is 3.50. The first-order valence-electron chi connectivity index (χ1n) is 10.6. The zero-order valence-electron chi connectivity index (χ0n) is 18.7. The summed E-state index contributed by atoms with van der Waals surface area (Å²) < 4.78 is 10.7. The molecule has 2 aromatic heterocycles. The van der Waals surface area contributed by atoms with Gasteiger partial charge < -0.3 is 29.9 Å². The van der Waals surface area contributed by atoms with Gasteiger partial charge in [-0.05, 0) is 30.8 Å². The highest BCUT2D eigenvalue weighted by molar-refractivity contribution is 5.66. The Balaban J connectivity index is 1.36. The number of anilines is 4. The molecule has 1 aliphatic rings. The molecule has 3 aromatic rings. The van der Waals surface area contributed by atoms with Crippen molar-refractivity contribution < 1.29 is 9.47 Å². The first kappa shape index (κ1) is 21.6. The summed E-state index contributed by atoms with van der Waals surface area (Å²) in [5, 5.41) is 6.60. The summed E-state index contributed by atoms with van der Waals surface area (Å²) in [5.41, 5.74) is 1.88. The van der Waals surface area contributed by atoms with Crippen LogP contribution in [0.25, 0.3) is 0 Å². The number of methoxy groups -OCH3 is 2. The van der Waals surface area contributed by atoms with E-state index in [2.05, 4.69) is 54.6 Å². The van der Waals surface area contributed by atoms with Gasteiger partial charge in [0.1, 0.15) is 35.3 Å². The van der Waals surface area contributed by atoms with E-state index in [1.165, 1.54) is 6.33 Å². The second kappa shape index (κ2) is 10.1. The number of nitrogens with zero attached hydrogens (tertiary/aromatic N) is 5. The molecule has 3 heterocycles. The van der Waals surface area contributed by atoms with Crippen LogP contribution in [0.3, 0.4) is 0 Å². The molecule has 0 spiro atoms. The molecule has 0 bridgehead atoms. The van der Waals surface area contributed by atoms with Crippen molar-refractivity contribution in [3.8, 4) is 11.5 Å². The number of ether oxygens (including phenoxy) is 2. The number of likely N-dealkylation sites (N-methyl/N-ethyl adjacent to an activating group) is 1. The molecular formula is C23H29N7O2. The number of hydrogen-bond donors (Lipinski definition) is 2. The number of benzene rings is 1. The molecule has 4 rings (SSSR count). The molecule has 1 aromatic carbocycles. The molecule has 1 fully saturated rings. The highest BCUT2D eigenvalue weighted by atomic mass is 16.5. The SMILES string of the molecule is COc1ccc(Nc2cc(NCc3ccc(N4CCN(C)CC4)nc3)ncn2)c(OC)c1. The Kier molecular flexibility index (Phi) is 6.86. The van der Waals surface area contributed by atoms with Crippen LogP contribution < -0.4 is 25.0 Å². The van der Waals surface area contributed by atoms with Gasteiger partial charge in [0, 0.05) is 51.1 Å². The van der Waals surface area contributed by atoms with Gasteiger partial charge in [0.2, 0.25) is 0 Å². The van der Waals surface area contributed by atoms with Crippen LogP contribution in [0.15, 0.2) is 48.9 Å². The summed E-state index contributed by atoms with van der Waals surface area (Å²) in [6.45, 7) is 4.78. The average molecular weight is 436 g/mol. The summed E-state index contributed by atoms with van der Waals surface area (Å²) >= 11 is 0. The van der Waals surface area contributed by atoms with E-state index in [1.54, 1.807) is 14.2 Å². The molecule has 9 heteroatoms. The molecule has 168 valence electrons. The number of pyridine rings is 1. The normalized spacial score (nSPS) is 14.2. The maximum Gasteiger partial charge on any atom is 0.146 e. The molecule has 2 N–H and O–H groups in total. The van der Waals surface area contributed by atoms with Gasteiger partial charge in [0.25, 0.3) is 0 Å². The van der Waals surface area contributed by atoms with E-state index in [0.717, 1.165) is 54.8 Å². The molecule has 1 saturated heterocycles. The Morgan fingerprint density at radius 3 is 2.44 bits per heavy atom. The quantitative estimate of drug-likeness (QED) is 0.554. The lowest BCUT2D eigenvalue weighted by Crippen LogP contribution is -2.44. The lowest BCUT2D eigenvalue weighted by atomic mass is 10.2. The summed E-state index contributed by atoms with van der Waals surface area (Å²) in [6.07, 6.45) is 3.44. The van der Waals surface area contributed by atoms with E-state index in [1.807, 2.05) is 30.5 Å². The summed E-state index contributed by atoms with van der Waals surface area (Å²) in [7, 11) is 5.40. The van der Waals surface area contributed by atoms with Gasteiger partial charge in [-0.15, -0.1) is 0 Å². The lowest BCUT2D eigenvalue weighted by Gasteiger charge is -2.33. The van der Waals surface area contributed by atoms with Crippen molar-refractivity contribution >= 4 is 23.1 Å². The minimum absolute atomic E-state index is 0.623. The Labute approximate surface area is 188 Å². The minimum atomic E-state index is 0.623. The van der Waals surface area contributed by atoms with Gasteiger partial charge in [0.15, 0.2) is 0 Å². The highest BCUT2D eigenvalue weighted by Gasteiger charge is 2.15. The molecule has 0 radical (unpaired) electrons. The topological polar surface area (TPSA) is 87.7 Å². The largest absolute Gasteiger partial charge is 0.497 e. The van der Waals surface area contributed by atoms with Crippen molar-refractivity contribution in [2.24, 2.45) is 0 Å². The van der Waals surface area contributed by atoms with Crippen molar-refractivity contribution in [1.82, 2.24) is 19.9 Å². The van der Waals surface area contributed by atoms with Crippen molar-refractivity contribution in [2.75, 3.05) is 63.0 Å². The molecule has 0 saturated carbocycles. The van der Waals surface area contributed by atoms with Crippen LogP contribution >= 0.6 is 0 Å². The minimum Gasteiger partial charge on any atom is -0.497 e. The molecule has 9 nitrogen and oxygen atoms in total. The molecule has 1 aliphatic heterocycles. The van der Waals surface area contributed by atoms with Gasteiger partial charge in [-0.25, -0.2) is 15.0 Å². The van der Waals surface area contributed by atoms with E-state index in [9.17, 15) is 0 Å².